The van der Waals surface area contributed by atoms with Crippen LogP contribution in [0.4, 0.5) is 5.69 Å². The predicted molar refractivity (Wildman–Crippen MR) is 115 cm³/mol. The molecular weight excluding hydrogens is 523 g/mol. The van der Waals surface area contributed by atoms with Crippen LogP contribution in [0.3, 0.4) is 0 Å². The molecule has 13 heteroatoms. The van der Waals surface area contributed by atoms with Gasteiger partial charge in [0.05, 0.1) is 28.5 Å². The quantitative estimate of drug-likeness (QED) is 0.296. The number of benzene rings is 3. The average molecular weight is 541 g/mol. The van der Waals surface area contributed by atoms with Gasteiger partial charge in [-0.25, -0.2) is 37.2 Å². The van der Waals surface area contributed by atoms with Crippen LogP contribution in [0.15, 0.2) is 82.1 Å². The first kappa shape index (κ1) is 26.6. The van der Waals surface area contributed by atoms with Crippen LogP contribution in [-0.2, 0) is 10.0 Å². The Bertz CT molecular complexity index is 1510. The number of halogens is 2. The van der Waals surface area contributed by atoms with E-state index >= 15 is 0 Å². The molecule has 0 bridgehead atoms. The highest BCUT2D eigenvalue weighted by atomic mass is 35.7. The molecule has 3 aromatic carbocycles. The topological polar surface area (TPSA) is 189 Å². The molecule has 0 aliphatic carbocycles. The summed E-state index contributed by atoms with van der Waals surface area (Å²) in [5.41, 5.74) is 2.07. The van der Waals surface area contributed by atoms with Gasteiger partial charge < -0.3 is 9.15 Å². The summed E-state index contributed by atoms with van der Waals surface area (Å²) in [6.45, 7) is 0. The van der Waals surface area contributed by atoms with E-state index in [4.69, 9.17) is 44.5 Å². The van der Waals surface area contributed by atoms with Crippen LogP contribution in [0, 0.1) is 10.2 Å². The molecule has 0 aliphatic rings. The summed E-state index contributed by atoms with van der Waals surface area (Å²) in [4.78, 5) is 3.35. The van der Waals surface area contributed by atoms with Gasteiger partial charge in [0.1, 0.15) is 17.1 Å². The largest absolute Gasteiger partial charge is 0.497 e. The number of nitrogens with one attached hydrogen (secondary N) is 1. The number of hydrogen-bond donors (Lipinski definition) is 2. The number of rotatable bonds is 4. The van der Waals surface area contributed by atoms with Gasteiger partial charge in [0.2, 0.25) is 21.1 Å². The van der Waals surface area contributed by atoms with Gasteiger partial charge in [0, 0.05) is 17.7 Å². The number of fused-ring (bicyclic) bond motifs is 1. The summed E-state index contributed by atoms with van der Waals surface area (Å²) in [5, 5.41) is 7.28. The van der Waals surface area contributed by atoms with Gasteiger partial charge in [-0.15, -0.1) is 10.2 Å². The van der Waals surface area contributed by atoms with E-state index in [1.807, 2.05) is 42.5 Å². The fourth-order valence-electron chi connectivity index (χ4n) is 3.07. The van der Waals surface area contributed by atoms with E-state index in [0.29, 0.717) is 27.8 Å². The van der Waals surface area contributed by atoms with Crippen molar-refractivity contribution in [3.63, 3.8) is 0 Å². The molecular formula is C22H18Cl2N2O8S. The van der Waals surface area contributed by atoms with Crippen LogP contribution in [0.5, 0.6) is 5.75 Å². The lowest BCUT2D eigenvalue weighted by Crippen LogP contribution is -2.70. The standard InChI is InChI=1S/C22H17ClN2O4S.ClHO4/c1-28-15-8-11-21-18(12-15)20(13-22(29-21)17-4-2-3-5-19(17)23)25-14-6-9-16(10-7-14)30(24,26)27;2-1(3,4)5/h2-13H,1H3,(H2,24,26,27);(H,2,3,4,5). The van der Waals surface area contributed by atoms with Crippen LogP contribution in [0.2, 0.25) is 5.02 Å². The third-order valence-corrected chi connectivity index (χ3v) is 5.83. The molecule has 184 valence electrons. The molecule has 0 spiro atoms. The van der Waals surface area contributed by atoms with Crippen LogP contribution in [0.1, 0.15) is 0 Å². The summed E-state index contributed by atoms with van der Waals surface area (Å²) in [6, 6.07) is 20.9. The monoisotopic (exact) mass is 540 g/mol. The minimum atomic E-state index is -4.94. The van der Waals surface area contributed by atoms with Crippen LogP contribution >= 0.6 is 11.6 Å². The second-order valence-corrected chi connectivity index (χ2v) is 9.66. The summed E-state index contributed by atoms with van der Waals surface area (Å²) >= 11 is 6.36. The maximum atomic E-state index is 11.5. The van der Waals surface area contributed by atoms with Crippen LogP contribution in [0.25, 0.3) is 22.3 Å². The Balaban J connectivity index is 0.000000623. The molecule has 1 heterocycles. The van der Waals surface area contributed by atoms with E-state index in [1.165, 1.54) is 12.1 Å². The Labute approximate surface area is 206 Å². The Hall–Kier alpha value is -3.00. The molecule has 0 amide bonds. The van der Waals surface area contributed by atoms with Crippen molar-refractivity contribution in [1.82, 2.24) is 0 Å². The number of hydrogen-bond acceptors (Lipinski definition) is 8. The van der Waals surface area contributed by atoms with Gasteiger partial charge >= 0.3 is 0 Å². The van der Waals surface area contributed by atoms with Gasteiger partial charge in [-0.3, -0.25) is 0 Å². The zero-order valence-electron chi connectivity index (χ0n) is 17.9. The third kappa shape index (κ3) is 7.49. The molecule has 4 aromatic rings. The first-order valence-corrected chi connectivity index (χ1v) is 12.7. The number of nitrogens with two attached hydrogens (primary N) is 1. The Morgan fingerprint density at radius 2 is 1.60 bits per heavy atom. The smallest absolute Gasteiger partial charge is 0.238 e. The summed E-state index contributed by atoms with van der Waals surface area (Å²) in [5.74, 6) is 1.26. The minimum absolute atomic E-state index is 0.0411. The Morgan fingerprint density at radius 3 is 2.17 bits per heavy atom. The van der Waals surface area contributed by atoms with Crippen molar-refractivity contribution in [1.29, 1.82) is 0 Å². The third-order valence-electron chi connectivity index (χ3n) is 4.57. The second-order valence-electron chi connectivity index (χ2n) is 6.94. The van der Waals surface area contributed by atoms with E-state index in [-0.39, 0.29) is 4.90 Å². The van der Waals surface area contributed by atoms with E-state index in [1.54, 1.807) is 25.3 Å². The van der Waals surface area contributed by atoms with Gasteiger partial charge in [-0.2, -0.15) is 0 Å². The van der Waals surface area contributed by atoms with Gasteiger partial charge in [-0.1, -0.05) is 23.7 Å². The number of sulfonamides is 1. The van der Waals surface area contributed by atoms with Crippen molar-refractivity contribution in [3.05, 3.63) is 83.2 Å². The van der Waals surface area contributed by atoms with Crippen molar-refractivity contribution in [2.75, 3.05) is 7.11 Å². The lowest BCUT2D eigenvalue weighted by Gasteiger charge is -2.17. The molecule has 4 rings (SSSR count). The maximum Gasteiger partial charge on any atom is 0.238 e. The average Bonchev–Trinajstić information content (AvgIpc) is 2.77. The Morgan fingerprint density at radius 1 is 0.971 bits per heavy atom. The van der Waals surface area contributed by atoms with Crippen molar-refractivity contribution in [3.8, 4) is 17.1 Å². The normalized spacial score (nSPS) is 12.3. The summed E-state index contributed by atoms with van der Waals surface area (Å²) < 4.78 is 68.4. The van der Waals surface area contributed by atoms with Crippen molar-refractivity contribution in [2.45, 2.75) is 4.90 Å². The second kappa shape index (κ2) is 10.7. The highest BCUT2D eigenvalue weighted by molar-refractivity contribution is 7.89. The number of ether oxygens (including phenoxy) is 1. The zero-order chi connectivity index (χ0) is 25.8. The highest BCUT2D eigenvalue weighted by Crippen LogP contribution is 2.29. The summed E-state index contributed by atoms with van der Waals surface area (Å²) in [6.07, 6.45) is 0. The fraction of sp³-hybridized carbons (Fsp3) is 0.0455. The van der Waals surface area contributed by atoms with Gasteiger partial charge in [0.15, 0.2) is 0 Å². The SMILES string of the molecule is COc1ccc2oc(-c3ccccc3Cl)cc(=[NH+]c3ccc(S(N)(=O)=O)cc3)c2c1.[O-][Cl+3]([O-])([O-])[O-]. The fourth-order valence-corrected chi connectivity index (χ4v) is 3.82. The molecule has 0 fully saturated rings. The molecule has 0 saturated heterocycles. The molecule has 0 atom stereocenters. The van der Waals surface area contributed by atoms with Crippen molar-refractivity contribution < 1.29 is 51.4 Å². The molecule has 10 nitrogen and oxygen atoms in total. The van der Waals surface area contributed by atoms with E-state index < -0.39 is 20.3 Å². The minimum Gasteiger partial charge on any atom is -0.497 e. The Kier molecular flexibility index (Phi) is 8.15. The first-order chi connectivity index (χ1) is 16.3. The van der Waals surface area contributed by atoms with Crippen molar-refractivity contribution in [2.24, 2.45) is 5.14 Å². The van der Waals surface area contributed by atoms with Gasteiger partial charge in [-0.05, 0) is 42.5 Å². The number of primary sulfonamides is 1. The van der Waals surface area contributed by atoms with Gasteiger partial charge in [0.25, 0.3) is 0 Å². The van der Waals surface area contributed by atoms with E-state index in [2.05, 4.69) is 4.99 Å². The molecule has 0 radical (unpaired) electrons. The predicted octanol–water partition coefficient (Wildman–Crippen LogP) is -2.03. The van der Waals surface area contributed by atoms with Crippen molar-refractivity contribution >= 4 is 38.3 Å². The highest BCUT2D eigenvalue weighted by Gasteiger charge is 2.13. The molecule has 35 heavy (non-hydrogen) atoms. The first-order valence-electron chi connectivity index (χ1n) is 9.56. The lowest BCUT2D eigenvalue weighted by atomic mass is 10.1. The number of methoxy groups -OCH3 is 1. The van der Waals surface area contributed by atoms with E-state index in [0.717, 1.165) is 16.3 Å². The maximum absolute atomic E-state index is 11.5. The molecule has 1 aromatic heterocycles. The molecule has 0 unspecified atom stereocenters. The lowest BCUT2D eigenvalue weighted by molar-refractivity contribution is -2.00. The van der Waals surface area contributed by atoms with Crippen LogP contribution < -0.4 is 38.9 Å². The van der Waals surface area contributed by atoms with Crippen LogP contribution in [-0.4, -0.2) is 15.5 Å². The molecule has 3 N–H and O–H groups in total. The molecule has 0 saturated carbocycles. The molecule has 0 aliphatic heterocycles. The van der Waals surface area contributed by atoms with E-state index in [9.17, 15) is 8.42 Å². The zero-order valence-corrected chi connectivity index (χ0v) is 20.3. The summed E-state index contributed by atoms with van der Waals surface area (Å²) in [7, 11) is -7.11.